The van der Waals surface area contributed by atoms with Gasteiger partial charge in [-0.05, 0) is 168 Å². The van der Waals surface area contributed by atoms with Crippen LogP contribution < -0.4 is 0 Å². The van der Waals surface area contributed by atoms with Gasteiger partial charge in [-0.1, -0.05) is 238 Å². The van der Waals surface area contributed by atoms with Crippen LogP contribution in [0.3, 0.4) is 0 Å². The van der Waals surface area contributed by atoms with Crippen molar-refractivity contribution in [3.8, 4) is 147 Å². The molecule has 93 heavy (non-hydrogen) atoms. The van der Waals surface area contributed by atoms with E-state index in [1.54, 1.807) is 0 Å². The fourth-order valence-corrected chi connectivity index (χ4v) is 14.0. The van der Waals surface area contributed by atoms with Crippen molar-refractivity contribution in [1.29, 1.82) is 10.5 Å². The Morgan fingerprint density at radius 1 is 0.269 bits per heavy atom. The first-order chi connectivity index (χ1) is 45.7. The molecule has 14 aromatic rings. The van der Waals surface area contributed by atoms with Crippen molar-refractivity contribution in [2.75, 3.05) is 0 Å². The van der Waals surface area contributed by atoms with Crippen LogP contribution in [0.5, 0.6) is 0 Å². The van der Waals surface area contributed by atoms with E-state index in [-0.39, 0.29) is 5.41 Å². The summed E-state index contributed by atoms with van der Waals surface area (Å²) in [5.41, 5.74) is 25.4. The number of aromatic nitrogens is 6. The molecule has 0 saturated carbocycles. The van der Waals surface area contributed by atoms with Gasteiger partial charge < -0.3 is 0 Å². The molecule has 2 aliphatic carbocycles. The molecular weight excluding hydrogens is 1130 g/mol. The molecule has 0 unspecified atom stereocenters. The Hall–Kier alpha value is -12.1. The largest absolute Gasteiger partial charge is 0.208 e. The van der Waals surface area contributed by atoms with Gasteiger partial charge in [-0.3, -0.25) is 0 Å². The van der Waals surface area contributed by atoms with Crippen LogP contribution in [-0.2, 0) is 18.3 Å². The van der Waals surface area contributed by atoms with E-state index in [4.69, 9.17) is 29.9 Å². The van der Waals surface area contributed by atoms with Gasteiger partial charge in [-0.15, -0.1) is 0 Å². The van der Waals surface area contributed by atoms with Gasteiger partial charge in [0.05, 0.1) is 23.3 Å². The summed E-state index contributed by atoms with van der Waals surface area (Å²) >= 11 is 0. The molecule has 0 amide bonds. The van der Waals surface area contributed by atoms with Crippen LogP contribution in [0.1, 0.15) is 60.1 Å². The molecule has 0 saturated heterocycles. The number of nitrogens with zero attached hydrogens (tertiary/aromatic N) is 8. The Balaban J connectivity index is 0.738. The van der Waals surface area contributed by atoms with E-state index >= 15 is 0 Å². The Bertz CT molecular complexity index is 5370. The van der Waals surface area contributed by atoms with E-state index < -0.39 is 0 Å². The topological polar surface area (TPSA) is 125 Å². The van der Waals surface area contributed by atoms with Crippen molar-refractivity contribution in [3.05, 3.63) is 300 Å². The Morgan fingerprint density at radius 3 is 1.19 bits per heavy atom. The number of hydrogen-bond donors (Lipinski definition) is 0. The van der Waals surface area contributed by atoms with E-state index in [2.05, 4.69) is 196 Å². The van der Waals surface area contributed by atoms with Crippen molar-refractivity contribution in [3.63, 3.8) is 0 Å². The average Bonchev–Trinajstić information content (AvgIpc) is 1.57. The van der Waals surface area contributed by atoms with Crippen LogP contribution in [0.15, 0.2) is 267 Å². The SMILES string of the molecule is CC1(C)c2cc(C#N)ccc2-c2ccc(-c3ccc(-c4ccc(-c5nc(-c6ccccc6)nc(-c6ccccc6-c6cccc(-c7nc(-c8ccccc8)nc(-c8cccc(-c9ccc(-c%10ccc(C#N)cc%10)c%10ccccc9%10)c8)n7)c6)n5)cc4)c4c3CCCC4)cc21. The van der Waals surface area contributed by atoms with E-state index in [1.165, 1.54) is 50.1 Å². The first-order valence-corrected chi connectivity index (χ1v) is 31.6. The third kappa shape index (κ3) is 10.3. The van der Waals surface area contributed by atoms with Gasteiger partial charge in [-0.25, -0.2) is 29.9 Å². The van der Waals surface area contributed by atoms with Crippen LogP contribution in [0.25, 0.3) is 146 Å². The minimum atomic E-state index is -0.219. The molecular formula is C85H58N8. The molecule has 0 spiro atoms. The summed E-state index contributed by atoms with van der Waals surface area (Å²) < 4.78 is 0. The molecule has 0 aliphatic heterocycles. The predicted octanol–water partition coefficient (Wildman–Crippen LogP) is 20.5. The monoisotopic (exact) mass is 1190 g/mol. The smallest absolute Gasteiger partial charge is 0.164 e. The highest BCUT2D eigenvalue weighted by molar-refractivity contribution is 6.05. The van der Waals surface area contributed by atoms with Crippen molar-refractivity contribution in [2.45, 2.75) is 44.9 Å². The Morgan fingerprint density at radius 2 is 0.624 bits per heavy atom. The van der Waals surface area contributed by atoms with Crippen LogP contribution in [0.2, 0.25) is 0 Å². The molecule has 0 radical (unpaired) electrons. The fraction of sp³-hybridized carbons (Fsp3) is 0.0824. The number of hydrogen-bond acceptors (Lipinski definition) is 8. The van der Waals surface area contributed by atoms with Crippen LogP contribution in [0.4, 0.5) is 0 Å². The second-order valence-corrected chi connectivity index (χ2v) is 24.6. The molecule has 2 aromatic heterocycles. The van der Waals surface area contributed by atoms with E-state index in [0.717, 1.165) is 109 Å². The van der Waals surface area contributed by atoms with Gasteiger partial charge in [0.2, 0.25) is 0 Å². The maximum Gasteiger partial charge on any atom is 0.164 e. The summed E-state index contributed by atoms with van der Waals surface area (Å²) in [6.45, 7) is 4.57. The Kier molecular flexibility index (Phi) is 14.1. The number of rotatable bonds is 11. The third-order valence-electron chi connectivity index (χ3n) is 18.7. The molecule has 8 heteroatoms. The van der Waals surface area contributed by atoms with Gasteiger partial charge in [0.25, 0.3) is 0 Å². The van der Waals surface area contributed by atoms with Gasteiger partial charge in [0.15, 0.2) is 34.9 Å². The summed E-state index contributed by atoms with van der Waals surface area (Å²) in [5.74, 6) is 3.40. The summed E-state index contributed by atoms with van der Waals surface area (Å²) in [5, 5.41) is 21.5. The normalized spacial score (nSPS) is 12.7. The molecule has 0 fully saturated rings. The lowest BCUT2D eigenvalue weighted by Crippen LogP contribution is -2.15. The highest BCUT2D eigenvalue weighted by Gasteiger charge is 2.36. The molecule has 16 rings (SSSR count). The maximum absolute atomic E-state index is 9.75. The third-order valence-corrected chi connectivity index (χ3v) is 18.7. The second kappa shape index (κ2) is 23.4. The minimum Gasteiger partial charge on any atom is -0.208 e. The fourth-order valence-electron chi connectivity index (χ4n) is 14.0. The first kappa shape index (κ1) is 56.2. The van der Waals surface area contributed by atoms with Crippen molar-refractivity contribution in [1.82, 2.24) is 29.9 Å². The number of benzene rings is 12. The molecule has 12 aromatic carbocycles. The molecule has 438 valence electrons. The van der Waals surface area contributed by atoms with Crippen molar-refractivity contribution in [2.24, 2.45) is 0 Å². The Labute approximate surface area is 540 Å². The number of nitriles is 2. The molecule has 8 nitrogen and oxygen atoms in total. The van der Waals surface area contributed by atoms with E-state index in [1.807, 2.05) is 97.1 Å². The van der Waals surface area contributed by atoms with Gasteiger partial charge >= 0.3 is 0 Å². The predicted molar refractivity (Wildman–Crippen MR) is 374 cm³/mol. The highest BCUT2D eigenvalue weighted by atomic mass is 15.0. The second-order valence-electron chi connectivity index (χ2n) is 24.6. The van der Waals surface area contributed by atoms with Crippen molar-refractivity contribution >= 4 is 10.8 Å². The lowest BCUT2D eigenvalue weighted by molar-refractivity contribution is 0.660. The molecule has 0 atom stereocenters. The van der Waals surface area contributed by atoms with Crippen LogP contribution in [0, 0.1) is 22.7 Å². The maximum atomic E-state index is 9.75. The summed E-state index contributed by atoms with van der Waals surface area (Å²) in [4.78, 5) is 31.4. The molecule has 2 heterocycles. The first-order valence-electron chi connectivity index (χ1n) is 31.6. The molecule has 2 aliphatic rings. The average molecular weight is 1190 g/mol. The van der Waals surface area contributed by atoms with E-state index in [0.29, 0.717) is 46.1 Å². The van der Waals surface area contributed by atoms with Crippen LogP contribution >= 0.6 is 0 Å². The summed E-state index contributed by atoms with van der Waals surface area (Å²) in [6, 6.07) is 97.0. The lowest BCUT2D eigenvalue weighted by atomic mass is 9.79. The standard InChI is InChI=1S/C85H58N8/c1-85(2)77-47-54(52-87)33-41-74(77)75-42-40-62(50-78(75)85)69-46-44-67(71-27-11-13-29-73(69)71)56-36-38-59(39-37-56)81-88-80(58-19-7-4-8-20-58)92-84(93-81)76-30-14-9-25-65(76)60-21-15-23-63(48-60)82-89-79(57-17-5-3-6-18-57)90-83(91-82)64-24-16-22-61(49-64)68-45-43-66(70-26-10-12-28-72(68)70)55-34-31-53(51-86)32-35-55/h3-10,12,14-26,28,30-50H,11,13,27,29H2,1-2H3. The zero-order chi connectivity index (χ0) is 62.6. The van der Waals surface area contributed by atoms with E-state index in [9.17, 15) is 10.5 Å². The van der Waals surface area contributed by atoms with Gasteiger partial charge in [0, 0.05) is 38.8 Å². The number of fused-ring (bicyclic) bond motifs is 5. The quantitative estimate of drug-likeness (QED) is 0.125. The van der Waals surface area contributed by atoms with Gasteiger partial charge in [0.1, 0.15) is 0 Å². The molecule has 0 bridgehead atoms. The summed E-state index contributed by atoms with van der Waals surface area (Å²) in [6.07, 6.45) is 4.37. The molecule has 0 N–H and O–H groups in total. The minimum absolute atomic E-state index is 0.219. The summed E-state index contributed by atoms with van der Waals surface area (Å²) in [7, 11) is 0. The zero-order valence-electron chi connectivity index (χ0n) is 51.3. The van der Waals surface area contributed by atoms with Crippen LogP contribution in [-0.4, -0.2) is 29.9 Å². The zero-order valence-corrected chi connectivity index (χ0v) is 51.3. The lowest BCUT2D eigenvalue weighted by Gasteiger charge is -2.25. The van der Waals surface area contributed by atoms with Gasteiger partial charge in [-0.2, -0.15) is 10.5 Å². The van der Waals surface area contributed by atoms with Crippen molar-refractivity contribution < 1.29 is 0 Å². The highest BCUT2D eigenvalue weighted by Crippen LogP contribution is 2.51.